The summed E-state index contributed by atoms with van der Waals surface area (Å²) in [5, 5.41) is 12.0. The fourth-order valence-corrected chi connectivity index (χ4v) is 6.62. The molecule has 0 fully saturated rings. The molecule has 2 atom stereocenters. The summed E-state index contributed by atoms with van der Waals surface area (Å²) in [5.41, 5.74) is 2.16. The molecule has 0 unspecified atom stereocenters. The molecule has 2 rings (SSSR count). The minimum absolute atomic E-state index is 0.178. The number of hydrogen-bond donors (Lipinski definition) is 1. The molecular formula is C18H28OSi. The van der Waals surface area contributed by atoms with Gasteiger partial charge in [0.1, 0.15) is 0 Å². The summed E-state index contributed by atoms with van der Waals surface area (Å²) in [5.74, 6) is 0. The van der Waals surface area contributed by atoms with E-state index in [1.54, 1.807) is 0 Å². The van der Waals surface area contributed by atoms with Gasteiger partial charge in [-0.25, -0.2) is 0 Å². The lowest BCUT2D eigenvalue weighted by atomic mass is 9.79. The van der Waals surface area contributed by atoms with Crippen LogP contribution in [0.5, 0.6) is 0 Å². The number of hydrogen-bond acceptors (Lipinski definition) is 1. The van der Waals surface area contributed by atoms with Crippen molar-refractivity contribution in [1.29, 1.82) is 0 Å². The maximum absolute atomic E-state index is 10.5. The van der Waals surface area contributed by atoms with Gasteiger partial charge < -0.3 is 5.11 Å². The van der Waals surface area contributed by atoms with E-state index in [0.29, 0.717) is 5.54 Å². The van der Waals surface area contributed by atoms with Gasteiger partial charge in [0.05, 0.1) is 14.2 Å². The number of rotatable bonds is 2. The predicted octanol–water partition coefficient (Wildman–Crippen LogP) is 4.10. The van der Waals surface area contributed by atoms with Gasteiger partial charge in [0.2, 0.25) is 0 Å². The highest BCUT2D eigenvalue weighted by Gasteiger charge is 2.41. The Morgan fingerprint density at radius 1 is 1.10 bits per heavy atom. The molecule has 20 heavy (non-hydrogen) atoms. The van der Waals surface area contributed by atoms with Crippen LogP contribution in [0.3, 0.4) is 0 Å². The molecule has 0 radical (unpaired) electrons. The molecule has 0 saturated carbocycles. The molecule has 2 heteroatoms. The molecule has 1 aliphatic carbocycles. The van der Waals surface area contributed by atoms with Crippen LogP contribution in [0.25, 0.3) is 0 Å². The lowest BCUT2D eigenvalue weighted by Gasteiger charge is -2.41. The van der Waals surface area contributed by atoms with E-state index in [0.717, 1.165) is 12.8 Å². The molecule has 1 aromatic rings. The third kappa shape index (κ3) is 3.07. The Labute approximate surface area is 124 Å². The highest BCUT2D eigenvalue weighted by molar-refractivity contribution is 6.91. The van der Waals surface area contributed by atoms with E-state index in [2.05, 4.69) is 70.3 Å². The van der Waals surface area contributed by atoms with Crippen LogP contribution in [0.4, 0.5) is 0 Å². The van der Waals surface area contributed by atoms with Gasteiger partial charge in [0.25, 0.3) is 0 Å². The molecule has 1 aromatic carbocycles. The second-order valence-electron chi connectivity index (χ2n) is 7.68. The summed E-state index contributed by atoms with van der Waals surface area (Å²) in [4.78, 5) is 0. The van der Waals surface area contributed by atoms with Crippen molar-refractivity contribution in [3.63, 3.8) is 0 Å². The first-order valence-electron chi connectivity index (χ1n) is 7.66. The van der Waals surface area contributed by atoms with Gasteiger partial charge in [-0.2, -0.15) is 0 Å². The highest BCUT2D eigenvalue weighted by Crippen LogP contribution is 2.43. The zero-order valence-corrected chi connectivity index (χ0v) is 14.5. The van der Waals surface area contributed by atoms with Crippen molar-refractivity contribution < 1.29 is 5.11 Å². The van der Waals surface area contributed by atoms with Gasteiger partial charge in [0.15, 0.2) is 0 Å². The summed E-state index contributed by atoms with van der Waals surface area (Å²) >= 11 is 0. The summed E-state index contributed by atoms with van der Waals surface area (Å²) in [7, 11) is -1.65. The van der Waals surface area contributed by atoms with Crippen molar-refractivity contribution in [3.05, 3.63) is 42.0 Å². The van der Waals surface area contributed by atoms with E-state index >= 15 is 0 Å². The monoisotopic (exact) mass is 288 g/mol. The Kier molecular flexibility index (Phi) is 4.26. The van der Waals surface area contributed by atoms with Gasteiger partial charge >= 0.3 is 0 Å². The number of aliphatic hydroxyl groups is 1. The Balaban J connectivity index is 2.30. The Morgan fingerprint density at radius 3 is 2.25 bits per heavy atom. The summed E-state index contributed by atoms with van der Waals surface area (Å²) in [6.07, 6.45) is 3.97. The normalized spacial score (nSPS) is 24.4. The third-order valence-electron chi connectivity index (χ3n) is 4.92. The summed E-state index contributed by atoms with van der Waals surface area (Å²) in [6, 6.07) is 10.8. The first-order chi connectivity index (χ1) is 9.23. The quantitative estimate of drug-likeness (QED) is 0.641. The smallest absolute Gasteiger partial charge is 0.0865 e. The maximum Gasteiger partial charge on any atom is 0.0865 e. The number of aliphatic hydroxyl groups excluding tert-OH is 1. The van der Waals surface area contributed by atoms with Gasteiger partial charge in [-0.05, 0) is 23.8 Å². The summed E-state index contributed by atoms with van der Waals surface area (Å²) in [6.45, 7) is 11.7. The molecular weight excluding hydrogens is 260 g/mol. The Morgan fingerprint density at radius 2 is 1.70 bits per heavy atom. The average molecular weight is 289 g/mol. The fourth-order valence-electron chi connectivity index (χ4n) is 3.31. The van der Waals surface area contributed by atoms with Gasteiger partial charge in [0, 0.05) is 0 Å². The molecule has 0 amide bonds. The minimum atomic E-state index is -1.65. The zero-order valence-electron chi connectivity index (χ0n) is 13.5. The van der Waals surface area contributed by atoms with Crippen LogP contribution in [-0.4, -0.2) is 19.3 Å². The lowest BCUT2D eigenvalue weighted by molar-refractivity contribution is 0.156. The van der Waals surface area contributed by atoms with Crippen molar-refractivity contribution in [3.8, 4) is 0 Å². The maximum atomic E-state index is 10.5. The molecule has 0 aliphatic heterocycles. The fraction of sp³-hybridized carbons (Fsp3) is 0.556. The first kappa shape index (κ1) is 15.5. The van der Waals surface area contributed by atoms with Crippen molar-refractivity contribution in [2.24, 2.45) is 5.41 Å². The average Bonchev–Trinajstić information content (AvgIpc) is 2.38. The zero-order chi connectivity index (χ0) is 15.0. The molecule has 1 N–H and O–H groups in total. The standard InChI is InChI=1S/C18H28OSi/c1-18(2,3)14-11-12-16(19)17(13-14)20(4,5)15-9-7-6-8-10-15/h6-11,16-17,19H,12-13H2,1-5H3/t16-,17-/m0/s1. The highest BCUT2D eigenvalue weighted by atomic mass is 28.3. The molecule has 0 saturated heterocycles. The van der Waals surface area contributed by atoms with Crippen LogP contribution in [-0.2, 0) is 0 Å². The second kappa shape index (κ2) is 5.49. The molecule has 1 nitrogen and oxygen atoms in total. The van der Waals surface area contributed by atoms with E-state index in [9.17, 15) is 5.11 Å². The molecule has 0 spiro atoms. The van der Waals surface area contributed by atoms with E-state index in [4.69, 9.17) is 0 Å². The number of benzene rings is 1. The largest absolute Gasteiger partial charge is 0.393 e. The van der Waals surface area contributed by atoms with Crippen LogP contribution >= 0.6 is 0 Å². The van der Waals surface area contributed by atoms with Crippen molar-refractivity contribution in [2.45, 2.75) is 58.4 Å². The van der Waals surface area contributed by atoms with Crippen LogP contribution < -0.4 is 5.19 Å². The van der Waals surface area contributed by atoms with Gasteiger partial charge in [-0.15, -0.1) is 0 Å². The third-order valence-corrected chi connectivity index (χ3v) is 9.18. The summed E-state index contributed by atoms with van der Waals surface area (Å²) < 4.78 is 0. The van der Waals surface area contributed by atoms with Crippen molar-refractivity contribution in [2.75, 3.05) is 0 Å². The molecule has 0 heterocycles. The van der Waals surface area contributed by atoms with E-state index in [-0.39, 0.29) is 11.5 Å². The van der Waals surface area contributed by atoms with E-state index in [1.807, 2.05) is 0 Å². The first-order valence-corrected chi connectivity index (χ1v) is 10.7. The molecule has 1 aliphatic rings. The molecule has 0 aromatic heterocycles. The Bertz CT molecular complexity index is 482. The van der Waals surface area contributed by atoms with Crippen LogP contribution in [0.15, 0.2) is 42.0 Å². The van der Waals surface area contributed by atoms with Crippen LogP contribution in [0.2, 0.25) is 18.6 Å². The second-order valence-corrected chi connectivity index (χ2v) is 12.4. The Hall–Kier alpha value is -0.863. The lowest BCUT2D eigenvalue weighted by Crippen LogP contribution is -2.51. The van der Waals surface area contributed by atoms with Crippen molar-refractivity contribution in [1.82, 2.24) is 0 Å². The minimum Gasteiger partial charge on any atom is -0.393 e. The molecule has 110 valence electrons. The molecule has 0 bridgehead atoms. The van der Waals surface area contributed by atoms with Crippen LogP contribution in [0.1, 0.15) is 33.6 Å². The van der Waals surface area contributed by atoms with Crippen molar-refractivity contribution >= 4 is 13.3 Å². The van der Waals surface area contributed by atoms with E-state index < -0.39 is 8.07 Å². The predicted molar refractivity (Wildman–Crippen MR) is 90.1 cm³/mol. The number of allylic oxidation sites excluding steroid dienone is 1. The van der Waals surface area contributed by atoms with E-state index in [1.165, 1.54) is 10.8 Å². The van der Waals surface area contributed by atoms with Gasteiger partial charge in [-0.1, -0.05) is 81.0 Å². The topological polar surface area (TPSA) is 20.2 Å². The van der Waals surface area contributed by atoms with Crippen LogP contribution in [0, 0.1) is 5.41 Å². The van der Waals surface area contributed by atoms with Gasteiger partial charge in [-0.3, -0.25) is 0 Å². The SMILES string of the molecule is CC(C)(C)C1=CC[C@H](O)[C@@H]([Si](C)(C)c2ccccc2)C1.